The third-order valence-corrected chi connectivity index (χ3v) is 6.68. The van der Waals surface area contributed by atoms with E-state index in [1.807, 2.05) is 62.3 Å². The fraction of sp³-hybridized carbons (Fsp3) is 0.208. The SMILES string of the molecule is Cc1ccc2ccc(NC(=O)CCNS(=O)(=O)c3ccc4cc(N(C)C)ccc4c3)nc2n1. The van der Waals surface area contributed by atoms with E-state index in [0.717, 1.165) is 27.5 Å². The highest BCUT2D eigenvalue weighted by molar-refractivity contribution is 7.89. The van der Waals surface area contributed by atoms with Crippen molar-refractivity contribution in [3.8, 4) is 0 Å². The van der Waals surface area contributed by atoms with Crippen molar-refractivity contribution in [1.29, 1.82) is 0 Å². The van der Waals surface area contributed by atoms with Crippen LogP contribution in [0.4, 0.5) is 11.5 Å². The number of pyridine rings is 2. The van der Waals surface area contributed by atoms with Gasteiger partial charge in [0, 0.05) is 43.8 Å². The van der Waals surface area contributed by atoms with E-state index in [4.69, 9.17) is 0 Å². The number of nitrogens with zero attached hydrogens (tertiary/aromatic N) is 3. The van der Waals surface area contributed by atoms with Crippen LogP contribution in [-0.4, -0.2) is 44.9 Å². The van der Waals surface area contributed by atoms with Gasteiger partial charge in [-0.1, -0.05) is 12.1 Å². The Morgan fingerprint density at radius 3 is 2.39 bits per heavy atom. The van der Waals surface area contributed by atoms with Gasteiger partial charge in [0.1, 0.15) is 5.82 Å². The topological polar surface area (TPSA) is 104 Å². The predicted octanol–water partition coefficient (Wildman–Crippen LogP) is 3.46. The molecule has 0 spiro atoms. The Balaban J connectivity index is 1.38. The van der Waals surface area contributed by atoms with Crippen LogP contribution in [0.15, 0.2) is 65.6 Å². The molecule has 2 aromatic carbocycles. The van der Waals surface area contributed by atoms with Crippen LogP contribution in [0, 0.1) is 6.92 Å². The van der Waals surface area contributed by atoms with Gasteiger partial charge >= 0.3 is 0 Å². The molecule has 0 atom stereocenters. The van der Waals surface area contributed by atoms with Gasteiger partial charge in [-0.05, 0) is 66.2 Å². The van der Waals surface area contributed by atoms with Crippen molar-refractivity contribution in [1.82, 2.24) is 14.7 Å². The predicted molar refractivity (Wildman–Crippen MR) is 131 cm³/mol. The minimum Gasteiger partial charge on any atom is -0.378 e. The lowest BCUT2D eigenvalue weighted by Gasteiger charge is -2.13. The molecule has 2 aromatic heterocycles. The minimum atomic E-state index is -3.75. The first kappa shape index (κ1) is 22.6. The number of carbonyl (C=O) groups is 1. The first-order valence-corrected chi connectivity index (χ1v) is 11.9. The maximum atomic E-state index is 12.7. The zero-order valence-corrected chi connectivity index (χ0v) is 19.5. The molecule has 0 aliphatic carbocycles. The summed E-state index contributed by atoms with van der Waals surface area (Å²) in [6, 6.07) is 18.1. The molecule has 1 amide bonds. The van der Waals surface area contributed by atoms with E-state index in [-0.39, 0.29) is 23.8 Å². The highest BCUT2D eigenvalue weighted by Gasteiger charge is 2.15. The van der Waals surface area contributed by atoms with E-state index in [0.29, 0.717) is 11.5 Å². The van der Waals surface area contributed by atoms with Gasteiger partial charge in [-0.2, -0.15) is 0 Å². The summed E-state index contributed by atoms with van der Waals surface area (Å²) in [5, 5.41) is 5.34. The monoisotopic (exact) mass is 463 g/mol. The summed E-state index contributed by atoms with van der Waals surface area (Å²) in [6.07, 6.45) is -0.0278. The van der Waals surface area contributed by atoms with Crippen molar-refractivity contribution in [2.45, 2.75) is 18.2 Å². The molecule has 0 bridgehead atoms. The Hall–Kier alpha value is -3.56. The number of hydrogen-bond acceptors (Lipinski definition) is 6. The number of aryl methyl sites for hydroxylation is 1. The summed E-state index contributed by atoms with van der Waals surface area (Å²) in [6.45, 7) is 1.84. The summed E-state index contributed by atoms with van der Waals surface area (Å²) in [7, 11) is 0.158. The van der Waals surface area contributed by atoms with Gasteiger partial charge in [-0.25, -0.2) is 23.1 Å². The maximum absolute atomic E-state index is 12.7. The molecular weight excluding hydrogens is 438 g/mol. The molecule has 9 heteroatoms. The molecule has 8 nitrogen and oxygen atoms in total. The van der Waals surface area contributed by atoms with Gasteiger partial charge in [-0.3, -0.25) is 4.79 Å². The molecule has 33 heavy (non-hydrogen) atoms. The first-order chi connectivity index (χ1) is 15.7. The zero-order chi connectivity index (χ0) is 23.6. The summed E-state index contributed by atoms with van der Waals surface area (Å²) in [4.78, 5) is 23.1. The van der Waals surface area contributed by atoms with Crippen LogP contribution in [0.1, 0.15) is 12.1 Å². The van der Waals surface area contributed by atoms with Gasteiger partial charge in [0.25, 0.3) is 0 Å². The van der Waals surface area contributed by atoms with E-state index < -0.39 is 10.0 Å². The summed E-state index contributed by atoms with van der Waals surface area (Å²) in [5.41, 5.74) is 2.41. The summed E-state index contributed by atoms with van der Waals surface area (Å²) >= 11 is 0. The Morgan fingerprint density at radius 2 is 1.61 bits per heavy atom. The normalized spacial score (nSPS) is 11.6. The van der Waals surface area contributed by atoms with Gasteiger partial charge in [0.05, 0.1) is 4.90 Å². The standard InChI is InChI=1S/C24H25N5O3S/c1-16-4-5-17-8-11-22(28-24(17)26-16)27-23(30)12-13-25-33(31,32)21-10-7-18-14-20(29(2)3)9-6-19(18)15-21/h4-11,14-15,25H,12-13H2,1-3H3,(H,26,27,28,30). The molecule has 0 aliphatic rings. The maximum Gasteiger partial charge on any atom is 0.240 e. The first-order valence-electron chi connectivity index (χ1n) is 10.5. The molecule has 2 N–H and O–H groups in total. The number of carbonyl (C=O) groups excluding carboxylic acids is 1. The molecule has 0 aliphatic heterocycles. The molecule has 0 radical (unpaired) electrons. The number of rotatable bonds is 7. The Labute approximate surface area is 192 Å². The van der Waals surface area contributed by atoms with Gasteiger partial charge in [0.15, 0.2) is 5.65 Å². The largest absolute Gasteiger partial charge is 0.378 e. The molecule has 0 fully saturated rings. The summed E-state index contributed by atoms with van der Waals surface area (Å²) < 4.78 is 27.9. The van der Waals surface area contributed by atoms with E-state index >= 15 is 0 Å². The van der Waals surface area contributed by atoms with Gasteiger partial charge < -0.3 is 10.2 Å². The molecule has 4 aromatic rings. The number of nitrogens with one attached hydrogen (secondary N) is 2. The van der Waals surface area contributed by atoms with E-state index in [1.165, 1.54) is 0 Å². The minimum absolute atomic E-state index is 0.0278. The highest BCUT2D eigenvalue weighted by Crippen LogP contribution is 2.24. The summed E-state index contributed by atoms with van der Waals surface area (Å²) in [5.74, 6) is 0.0343. The number of benzene rings is 2. The molecule has 170 valence electrons. The lowest BCUT2D eigenvalue weighted by Crippen LogP contribution is -2.28. The number of anilines is 2. The molecule has 0 saturated heterocycles. The van der Waals surface area contributed by atoms with Crippen molar-refractivity contribution in [3.05, 3.63) is 66.4 Å². The number of hydrogen-bond donors (Lipinski definition) is 2. The van der Waals surface area contributed by atoms with Crippen molar-refractivity contribution in [2.24, 2.45) is 0 Å². The lowest BCUT2D eigenvalue weighted by molar-refractivity contribution is -0.116. The third-order valence-electron chi connectivity index (χ3n) is 5.23. The quantitative estimate of drug-likeness (QED) is 0.435. The van der Waals surface area contributed by atoms with Crippen LogP contribution in [0.2, 0.25) is 0 Å². The second kappa shape index (κ2) is 9.13. The number of sulfonamides is 1. The van der Waals surface area contributed by atoms with Crippen LogP contribution in [0.5, 0.6) is 0 Å². The van der Waals surface area contributed by atoms with Gasteiger partial charge in [0.2, 0.25) is 15.9 Å². The molecule has 4 rings (SSSR count). The van der Waals surface area contributed by atoms with Crippen molar-refractivity contribution in [3.63, 3.8) is 0 Å². The third kappa shape index (κ3) is 5.27. The molecular formula is C24H25N5O3S. The van der Waals surface area contributed by atoms with E-state index in [1.54, 1.807) is 24.3 Å². The van der Waals surface area contributed by atoms with Crippen molar-refractivity contribution >= 4 is 49.2 Å². The zero-order valence-electron chi connectivity index (χ0n) is 18.7. The van der Waals surface area contributed by atoms with E-state index in [9.17, 15) is 13.2 Å². The average Bonchev–Trinajstić information content (AvgIpc) is 2.77. The Kier molecular flexibility index (Phi) is 6.26. The molecule has 0 saturated carbocycles. The Morgan fingerprint density at radius 1 is 0.909 bits per heavy atom. The fourth-order valence-electron chi connectivity index (χ4n) is 3.41. The van der Waals surface area contributed by atoms with Crippen LogP contribution in [-0.2, 0) is 14.8 Å². The number of amides is 1. The van der Waals surface area contributed by atoms with Crippen LogP contribution in [0.25, 0.3) is 21.8 Å². The van der Waals surface area contributed by atoms with E-state index in [2.05, 4.69) is 20.0 Å². The fourth-order valence-corrected chi connectivity index (χ4v) is 4.47. The van der Waals surface area contributed by atoms with Gasteiger partial charge in [-0.15, -0.1) is 0 Å². The van der Waals surface area contributed by atoms with Crippen LogP contribution < -0.4 is 14.9 Å². The second-order valence-corrected chi connectivity index (χ2v) is 9.75. The van der Waals surface area contributed by atoms with Crippen LogP contribution >= 0.6 is 0 Å². The number of fused-ring (bicyclic) bond motifs is 2. The lowest BCUT2D eigenvalue weighted by atomic mass is 10.1. The number of aromatic nitrogens is 2. The average molecular weight is 464 g/mol. The highest BCUT2D eigenvalue weighted by atomic mass is 32.2. The second-order valence-electron chi connectivity index (χ2n) is 7.98. The molecule has 0 unspecified atom stereocenters. The Bertz CT molecular complexity index is 1450. The van der Waals surface area contributed by atoms with Crippen LogP contribution in [0.3, 0.4) is 0 Å². The van der Waals surface area contributed by atoms with Crippen molar-refractivity contribution < 1.29 is 13.2 Å². The molecule has 2 heterocycles. The van der Waals surface area contributed by atoms with Crippen molar-refractivity contribution in [2.75, 3.05) is 30.9 Å². The smallest absolute Gasteiger partial charge is 0.240 e.